The maximum Gasteiger partial charge on any atom is 0.254 e. The number of pyridine rings is 1. The Morgan fingerprint density at radius 3 is 2.94 bits per heavy atom. The Hall–Kier alpha value is -1.84. The highest BCUT2D eigenvalue weighted by Crippen LogP contribution is 2.40. The second-order valence-corrected chi connectivity index (χ2v) is 4.18. The molecule has 3 rings (SSSR count). The molecule has 2 aromatic heterocycles. The highest BCUT2D eigenvalue weighted by Gasteiger charge is 2.30. The number of furan rings is 1. The number of carbonyl (C=O) groups excluding carboxylic acids is 1. The van der Waals surface area contributed by atoms with Crippen LogP contribution < -0.4 is 5.73 Å². The molecule has 0 atom stereocenters. The molecule has 1 fully saturated rings. The fourth-order valence-corrected chi connectivity index (χ4v) is 2.14. The van der Waals surface area contributed by atoms with Crippen LogP contribution >= 0.6 is 0 Å². The predicted octanol–water partition coefficient (Wildman–Crippen LogP) is 2.19. The number of hydrogen-bond acceptors (Lipinski definition) is 3. The molecule has 0 aliphatic heterocycles. The zero-order valence-electron chi connectivity index (χ0n) is 8.77. The van der Waals surface area contributed by atoms with Crippen molar-refractivity contribution in [3.05, 3.63) is 29.7 Å². The van der Waals surface area contributed by atoms with E-state index < -0.39 is 5.91 Å². The lowest BCUT2D eigenvalue weighted by Gasteiger charge is -2.23. The molecule has 16 heavy (non-hydrogen) atoms. The summed E-state index contributed by atoms with van der Waals surface area (Å²) in [5.74, 6) is 0.628. The van der Waals surface area contributed by atoms with Crippen LogP contribution in [-0.4, -0.2) is 10.9 Å². The summed E-state index contributed by atoms with van der Waals surface area (Å²) < 4.78 is 5.70. The first-order valence-corrected chi connectivity index (χ1v) is 5.44. The van der Waals surface area contributed by atoms with E-state index in [1.54, 1.807) is 12.3 Å². The number of carbonyl (C=O) groups is 1. The molecule has 1 amide bonds. The van der Waals surface area contributed by atoms with Gasteiger partial charge in [-0.2, -0.15) is 0 Å². The van der Waals surface area contributed by atoms with Crippen molar-refractivity contribution in [1.29, 1.82) is 0 Å². The van der Waals surface area contributed by atoms with Gasteiger partial charge in [-0.1, -0.05) is 6.42 Å². The van der Waals surface area contributed by atoms with Gasteiger partial charge >= 0.3 is 0 Å². The summed E-state index contributed by atoms with van der Waals surface area (Å²) in [6.07, 6.45) is 4.97. The Bertz CT molecular complexity index is 555. The van der Waals surface area contributed by atoms with E-state index in [2.05, 4.69) is 4.98 Å². The largest absolute Gasteiger partial charge is 0.458 e. The number of nitrogens with two attached hydrogens (primary N) is 1. The molecule has 0 aromatic carbocycles. The summed E-state index contributed by atoms with van der Waals surface area (Å²) in [5.41, 5.74) is 7.12. The molecule has 0 spiro atoms. The standard InChI is InChI=1S/C12H12N2O2/c13-12(15)9-10-8(5-2-6-14-10)16-11(9)7-3-1-4-7/h2,5-7H,1,3-4H2,(H2,13,15). The van der Waals surface area contributed by atoms with Crippen LogP contribution in [0.5, 0.6) is 0 Å². The first-order chi connectivity index (χ1) is 7.77. The minimum Gasteiger partial charge on any atom is -0.458 e. The normalized spacial score (nSPS) is 16.2. The summed E-state index contributed by atoms with van der Waals surface area (Å²) >= 11 is 0. The van der Waals surface area contributed by atoms with Crippen LogP contribution in [0.3, 0.4) is 0 Å². The van der Waals surface area contributed by atoms with Crippen LogP contribution in [0, 0.1) is 0 Å². The number of aromatic nitrogens is 1. The number of hydrogen-bond donors (Lipinski definition) is 1. The predicted molar refractivity (Wildman–Crippen MR) is 59.1 cm³/mol. The van der Waals surface area contributed by atoms with Crippen molar-refractivity contribution < 1.29 is 9.21 Å². The SMILES string of the molecule is NC(=O)c1c(C2CCC2)oc2cccnc12. The number of primary amides is 1. The number of nitrogens with zero attached hydrogens (tertiary/aromatic N) is 1. The van der Waals surface area contributed by atoms with Crippen LogP contribution in [-0.2, 0) is 0 Å². The Morgan fingerprint density at radius 1 is 1.50 bits per heavy atom. The molecule has 1 saturated carbocycles. The molecule has 0 saturated heterocycles. The number of rotatable bonds is 2. The molecule has 4 nitrogen and oxygen atoms in total. The molecule has 0 radical (unpaired) electrons. The maximum absolute atomic E-state index is 11.5. The van der Waals surface area contributed by atoms with E-state index in [4.69, 9.17) is 10.2 Å². The topological polar surface area (TPSA) is 69.1 Å². The molecule has 0 unspecified atom stereocenters. The molecule has 1 aliphatic carbocycles. The summed E-state index contributed by atoms with van der Waals surface area (Å²) in [5, 5.41) is 0. The van der Waals surface area contributed by atoms with Crippen LogP contribution in [0.15, 0.2) is 22.7 Å². The van der Waals surface area contributed by atoms with E-state index in [1.807, 2.05) is 6.07 Å². The van der Waals surface area contributed by atoms with E-state index in [0.29, 0.717) is 22.6 Å². The third-order valence-electron chi connectivity index (χ3n) is 3.20. The van der Waals surface area contributed by atoms with Gasteiger partial charge in [0.1, 0.15) is 16.8 Å². The van der Waals surface area contributed by atoms with Crippen LogP contribution in [0.25, 0.3) is 11.1 Å². The average Bonchev–Trinajstić information content (AvgIpc) is 2.53. The highest BCUT2D eigenvalue weighted by atomic mass is 16.3. The quantitative estimate of drug-likeness (QED) is 0.836. The van der Waals surface area contributed by atoms with Gasteiger partial charge in [0.05, 0.1) is 0 Å². The summed E-state index contributed by atoms with van der Waals surface area (Å²) in [6.45, 7) is 0. The summed E-state index contributed by atoms with van der Waals surface area (Å²) in [7, 11) is 0. The van der Waals surface area contributed by atoms with Crippen molar-refractivity contribution in [3.8, 4) is 0 Å². The number of amides is 1. The second-order valence-electron chi connectivity index (χ2n) is 4.18. The van der Waals surface area contributed by atoms with Crippen molar-refractivity contribution in [1.82, 2.24) is 4.98 Å². The van der Waals surface area contributed by atoms with E-state index in [9.17, 15) is 4.79 Å². The second kappa shape index (κ2) is 3.33. The van der Waals surface area contributed by atoms with Crippen LogP contribution in [0.4, 0.5) is 0 Å². The van der Waals surface area contributed by atoms with Crippen molar-refractivity contribution in [3.63, 3.8) is 0 Å². The molecular weight excluding hydrogens is 204 g/mol. The average molecular weight is 216 g/mol. The van der Waals surface area contributed by atoms with Gasteiger partial charge < -0.3 is 10.2 Å². The van der Waals surface area contributed by atoms with Gasteiger partial charge in [0, 0.05) is 12.1 Å². The minimum atomic E-state index is -0.445. The first kappa shape index (κ1) is 9.39. The van der Waals surface area contributed by atoms with Gasteiger partial charge in [0.2, 0.25) is 0 Å². The van der Waals surface area contributed by atoms with E-state index >= 15 is 0 Å². The van der Waals surface area contributed by atoms with Crippen molar-refractivity contribution in [2.75, 3.05) is 0 Å². The fourth-order valence-electron chi connectivity index (χ4n) is 2.14. The van der Waals surface area contributed by atoms with Gasteiger partial charge in [-0.15, -0.1) is 0 Å². The molecular formula is C12H12N2O2. The zero-order valence-corrected chi connectivity index (χ0v) is 8.77. The lowest BCUT2D eigenvalue weighted by Crippen LogP contribution is -2.17. The summed E-state index contributed by atoms with van der Waals surface area (Å²) in [6, 6.07) is 3.61. The molecule has 82 valence electrons. The summed E-state index contributed by atoms with van der Waals surface area (Å²) in [4.78, 5) is 15.6. The van der Waals surface area contributed by atoms with Crippen molar-refractivity contribution in [2.45, 2.75) is 25.2 Å². The molecule has 0 bridgehead atoms. The third kappa shape index (κ3) is 1.23. The van der Waals surface area contributed by atoms with Gasteiger partial charge in [-0.25, -0.2) is 0 Å². The molecule has 1 aliphatic rings. The molecule has 2 aromatic rings. The Morgan fingerprint density at radius 2 is 2.31 bits per heavy atom. The number of fused-ring (bicyclic) bond motifs is 1. The fraction of sp³-hybridized carbons (Fsp3) is 0.333. The monoisotopic (exact) mass is 216 g/mol. The molecule has 2 N–H and O–H groups in total. The smallest absolute Gasteiger partial charge is 0.254 e. The van der Waals surface area contributed by atoms with Gasteiger partial charge in [0.15, 0.2) is 5.58 Å². The van der Waals surface area contributed by atoms with Gasteiger partial charge in [0.25, 0.3) is 5.91 Å². The highest BCUT2D eigenvalue weighted by molar-refractivity contribution is 6.05. The van der Waals surface area contributed by atoms with Crippen LogP contribution in [0.2, 0.25) is 0 Å². The molecule has 4 heteroatoms. The minimum absolute atomic E-state index is 0.344. The lowest BCUT2D eigenvalue weighted by molar-refractivity contribution is 0.0998. The van der Waals surface area contributed by atoms with E-state index in [1.165, 1.54) is 6.42 Å². The zero-order chi connectivity index (χ0) is 11.1. The van der Waals surface area contributed by atoms with E-state index in [-0.39, 0.29) is 0 Å². The van der Waals surface area contributed by atoms with Crippen molar-refractivity contribution in [2.24, 2.45) is 5.73 Å². The Kier molecular flexibility index (Phi) is 1.96. The Balaban J connectivity index is 2.25. The third-order valence-corrected chi connectivity index (χ3v) is 3.20. The lowest BCUT2D eigenvalue weighted by atomic mass is 9.82. The van der Waals surface area contributed by atoms with Gasteiger partial charge in [-0.3, -0.25) is 9.78 Å². The van der Waals surface area contributed by atoms with E-state index in [0.717, 1.165) is 18.6 Å². The maximum atomic E-state index is 11.5. The van der Waals surface area contributed by atoms with Crippen molar-refractivity contribution >= 4 is 17.0 Å². The Labute approximate surface area is 92.4 Å². The van der Waals surface area contributed by atoms with Crippen LogP contribution in [0.1, 0.15) is 41.3 Å². The first-order valence-electron chi connectivity index (χ1n) is 5.44. The molecule has 2 heterocycles. The van der Waals surface area contributed by atoms with Gasteiger partial charge in [-0.05, 0) is 25.0 Å².